The van der Waals surface area contributed by atoms with Crippen LogP contribution in [-0.4, -0.2) is 27.9 Å². The summed E-state index contributed by atoms with van der Waals surface area (Å²) in [5.74, 6) is -0.368. The van der Waals surface area contributed by atoms with Gasteiger partial charge in [0.1, 0.15) is 6.54 Å². The smallest absolute Gasteiger partial charge is 0.267 e. The van der Waals surface area contributed by atoms with Crippen LogP contribution in [0.25, 0.3) is 5.57 Å². The molecule has 1 amide bonds. The van der Waals surface area contributed by atoms with Crippen LogP contribution in [0.3, 0.4) is 0 Å². The number of rotatable bonds is 4. The van der Waals surface area contributed by atoms with Gasteiger partial charge in [0.2, 0.25) is 5.91 Å². The Hall–Kier alpha value is -3.24. The molecule has 0 unspecified atom stereocenters. The first-order valence-corrected chi connectivity index (χ1v) is 8.58. The minimum absolute atomic E-state index is 0.195. The molecule has 1 N–H and O–H groups in total. The Balaban J connectivity index is 1.74. The fraction of sp³-hybridized carbons (Fsp3) is 0.300. The van der Waals surface area contributed by atoms with Crippen molar-refractivity contribution in [1.82, 2.24) is 9.78 Å². The molecular weight excluding hydrogens is 344 g/mol. The summed E-state index contributed by atoms with van der Waals surface area (Å²) >= 11 is 0. The number of amides is 1. The highest BCUT2D eigenvalue weighted by Crippen LogP contribution is 2.29. The Labute approximate surface area is 156 Å². The van der Waals surface area contributed by atoms with Crippen LogP contribution in [0.1, 0.15) is 31.5 Å². The van der Waals surface area contributed by atoms with Gasteiger partial charge in [-0.1, -0.05) is 6.08 Å². The van der Waals surface area contributed by atoms with Crippen LogP contribution in [0.2, 0.25) is 0 Å². The second-order valence-electron chi connectivity index (χ2n) is 6.93. The largest absolute Gasteiger partial charge is 0.371 e. The predicted octanol–water partition coefficient (Wildman–Crippen LogP) is 2.34. The summed E-state index contributed by atoms with van der Waals surface area (Å²) in [6, 6.07) is 11.6. The number of anilines is 1. The third kappa shape index (κ3) is 4.68. The highest BCUT2D eigenvalue weighted by Gasteiger charge is 2.25. The second-order valence-corrected chi connectivity index (χ2v) is 6.93. The molecule has 2 heterocycles. The molecule has 1 aliphatic heterocycles. The maximum absolute atomic E-state index is 12.3. The molecule has 7 heteroatoms. The van der Waals surface area contributed by atoms with Gasteiger partial charge in [0.05, 0.1) is 29.5 Å². The molecule has 0 radical (unpaired) electrons. The van der Waals surface area contributed by atoms with Gasteiger partial charge in [0, 0.05) is 18.2 Å². The van der Waals surface area contributed by atoms with Gasteiger partial charge in [-0.25, -0.2) is 4.68 Å². The molecule has 138 valence electrons. The zero-order chi connectivity index (χ0) is 19.4. The van der Waals surface area contributed by atoms with Gasteiger partial charge < -0.3 is 10.1 Å². The van der Waals surface area contributed by atoms with Gasteiger partial charge in [0.25, 0.3) is 5.56 Å². The molecule has 0 bridgehead atoms. The summed E-state index contributed by atoms with van der Waals surface area (Å²) in [7, 11) is 0. The van der Waals surface area contributed by atoms with E-state index in [4.69, 9.17) is 10.00 Å². The molecule has 2 aromatic rings. The molecule has 7 nitrogen and oxygen atoms in total. The molecule has 1 aliphatic rings. The number of ether oxygens (including phenoxy) is 1. The van der Waals surface area contributed by atoms with E-state index >= 15 is 0 Å². The fourth-order valence-electron chi connectivity index (χ4n) is 2.84. The number of aromatic nitrogens is 2. The van der Waals surface area contributed by atoms with Gasteiger partial charge in [-0.2, -0.15) is 10.4 Å². The first-order valence-electron chi connectivity index (χ1n) is 8.58. The number of carbonyl (C=O) groups excluding carboxylic acids is 1. The quantitative estimate of drug-likeness (QED) is 0.898. The minimum Gasteiger partial charge on any atom is -0.371 e. The average Bonchev–Trinajstić information content (AvgIpc) is 2.63. The fourth-order valence-corrected chi connectivity index (χ4v) is 2.84. The Morgan fingerprint density at radius 3 is 2.70 bits per heavy atom. The van der Waals surface area contributed by atoms with E-state index < -0.39 is 0 Å². The zero-order valence-corrected chi connectivity index (χ0v) is 15.2. The van der Waals surface area contributed by atoms with E-state index in [0.29, 0.717) is 30.0 Å². The van der Waals surface area contributed by atoms with E-state index in [1.807, 2.05) is 26.0 Å². The summed E-state index contributed by atoms with van der Waals surface area (Å²) in [6.45, 7) is 4.30. The van der Waals surface area contributed by atoms with Gasteiger partial charge in [-0.05, 0) is 49.8 Å². The highest BCUT2D eigenvalue weighted by molar-refractivity contribution is 5.90. The number of carbonyl (C=O) groups is 1. The summed E-state index contributed by atoms with van der Waals surface area (Å²) in [5, 5.41) is 15.9. The standard InChI is InChI=1S/C20H20N4O3/c1-20(2)11-15(9-10-27-20)17-7-8-19(26)24(23-17)13-18(25)22-16-5-3-14(12-21)4-6-16/h3-9H,10-11,13H2,1-2H3,(H,22,25). The van der Waals surface area contributed by atoms with Crippen molar-refractivity contribution in [2.75, 3.05) is 11.9 Å². The molecule has 0 aliphatic carbocycles. The summed E-state index contributed by atoms with van der Waals surface area (Å²) in [5.41, 5.74) is 2.08. The Bertz CT molecular complexity index is 982. The third-order valence-corrected chi connectivity index (χ3v) is 4.21. The van der Waals surface area contributed by atoms with Crippen molar-refractivity contribution in [3.8, 4) is 6.07 Å². The van der Waals surface area contributed by atoms with E-state index in [9.17, 15) is 9.59 Å². The van der Waals surface area contributed by atoms with Crippen LogP contribution in [0.15, 0.2) is 47.3 Å². The highest BCUT2D eigenvalue weighted by atomic mass is 16.5. The molecule has 1 aromatic carbocycles. The Morgan fingerprint density at radius 2 is 2.04 bits per heavy atom. The molecular formula is C20H20N4O3. The van der Waals surface area contributed by atoms with Crippen LogP contribution in [0.4, 0.5) is 5.69 Å². The van der Waals surface area contributed by atoms with E-state index in [2.05, 4.69) is 10.4 Å². The zero-order valence-electron chi connectivity index (χ0n) is 15.2. The molecule has 27 heavy (non-hydrogen) atoms. The van der Waals surface area contributed by atoms with E-state index in [-0.39, 0.29) is 23.6 Å². The first kappa shape index (κ1) is 18.5. The second kappa shape index (κ2) is 7.56. The number of hydrogen-bond donors (Lipinski definition) is 1. The van der Waals surface area contributed by atoms with Crippen molar-refractivity contribution in [3.63, 3.8) is 0 Å². The summed E-state index contributed by atoms with van der Waals surface area (Å²) in [6.07, 6.45) is 2.62. The monoisotopic (exact) mass is 364 g/mol. The lowest BCUT2D eigenvalue weighted by atomic mass is 9.94. The molecule has 3 rings (SSSR count). The van der Waals surface area contributed by atoms with Crippen molar-refractivity contribution < 1.29 is 9.53 Å². The van der Waals surface area contributed by atoms with Crippen LogP contribution >= 0.6 is 0 Å². The minimum atomic E-state index is -0.368. The first-order chi connectivity index (χ1) is 12.9. The van der Waals surface area contributed by atoms with Crippen molar-refractivity contribution in [1.29, 1.82) is 5.26 Å². The van der Waals surface area contributed by atoms with Gasteiger partial charge in [-0.15, -0.1) is 0 Å². The van der Waals surface area contributed by atoms with Crippen molar-refractivity contribution in [2.24, 2.45) is 0 Å². The lowest BCUT2D eigenvalue weighted by Crippen LogP contribution is -2.31. The van der Waals surface area contributed by atoms with E-state index in [1.54, 1.807) is 30.3 Å². The Kier molecular flexibility index (Phi) is 5.19. The number of benzene rings is 1. The normalized spacial score (nSPS) is 15.5. The molecule has 0 saturated heterocycles. The summed E-state index contributed by atoms with van der Waals surface area (Å²) < 4.78 is 6.81. The SMILES string of the molecule is CC1(C)CC(c2ccc(=O)n(CC(=O)Nc3ccc(C#N)cc3)n2)=CCO1. The van der Waals surface area contributed by atoms with E-state index in [1.165, 1.54) is 6.07 Å². The third-order valence-electron chi connectivity index (χ3n) is 4.21. The van der Waals surface area contributed by atoms with Crippen molar-refractivity contribution >= 4 is 17.2 Å². The maximum Gasteiger partial charge on any atom is 0.267 e. The van der Waals surface area contributed by atoms with Crippen LogP contribution in [0, 0.1) is 11.3 Å². The van der Waals surface area contributed by atoms with Crippen LogP contribution in [-0.2, 0) is 16.1 Å². The van der Waals surface area contributed by atoms with Crippen LogP contribution < -0.4 is 10.9 Å². The average molecular weight is 364 g/mol. The number of nitriles is 1. The molecule has 0 fully saturated rings. The van der Waals surface area contributed by atoms with Crippen molar-refractivity contribution in [2.45, 2.75) is 32.4 Å². The summed E-state index contributed by atoms with van der Waals surface area (Å²) in [4.78, 5) is 24.4. The van der Waals surface area contributed by atoms with Gasteiger partial charge in [-0.3, -0.25) is 9.59 Å². The van der Waals surface area contributed by atoms with Gasteiger partial charge >= 0.3 is 0 Å². The topological polar surface area (TPSA) is 97.0 Å². The maximum atomic E-state index is 12.3. The number of nitrogens with zero attached hydrogens (tertiary/aromatic N) is 3. The van der Waals surface area contributed by atoms with E-state index in [0.717, 1.165) is 10.3 Å². The van der Waals surface area contributed by atoms with Gasteiger partial charge in [0.15, 0.2) is 0 Å². The Morgan fingerprint density at radius 1 is 1.30 bits per heavy atom. The number of nitrogens with one attached hydrogen (secondary N) is 1. The molecule has 0 saturated carbocycles. The molecule has 1 aromatic heterocycles. The molecule has 0 spiro atoms. The van der Waals surface area contributed by atoms with Crippen LogP contribution in [0.5, 0.6) is 0 Å². The predicted molar refractivity (Wildman–Crippen MR) is 101 cm³/mol. The number of hydrogen-bond acceptors (Lipinski definition) is 5. The van der Waals surface area contributed by atoms with Crippen molar-refractivity contribution in [3.05, 3.63) is 64.1 Å². The lowest BCUT2D eigenvalue weighted by Gasteiger charge is -2.30. The lowest BCUT2D eigenvalue weighted by molar-refractivity contribution is -0.117. The molecule has 0 atom stereocenters.